The Kier molecular flexibility index (Phi) is 10.5. The van der Waals surface area contributed by atoms with Gasteiger partial charge in [0.1, 0.15) is 5.82 Å². The molecule has 1 amide bonds. The summed E-state index contributed by atoms with van der Waals surface area (Å²) in [7, 11) is 4.37. The van der Waals surface area contributed by atoms with E-state index < -0.39 is 11.7 Å². The van der Waals surface area contributed by atoms with Gasteiger partial charge in [0, 0.05) is 18.7 Å². The third-order valence-electron chi connectivity index (χ3n) is 5.99. The Hall–Kier alpha value is -3.85. The van der Waals surface area contributed by atoms with Crippen molar-refractivity contribution in [1.82, 2.24) is 10.3 Å². The number of aryl methyl sites for hydroxylation is 1. The summed E-state index contributed by atoms with van der Waals surface area (Å²) in [5.74, 6) is 0.770. The highest BCUT2D eigenvalue weighted by Crippen LogP contribution is 2.38. The molecule has 1 heterocycles. The van der Waals surface area contributed by atoms with Crippen molar-refractivity contribution in [1.29, 1.82) is 0 Å². The summed E-state index contributed by atoms with van der Waals surface area (Å²) in [6, 6.07) is 6.77. The van der Waals surface area contributed by atoms with E-state index in [0.717, 1.165) is 24.6 Å². The van der Waals surface area contributed by atoms with Crippen molar-refractivity contribution >= 4 is 40.5 Å². The molecule has 1 aromatic heterocycles. The first-order valence-corrected chi connectivity index (χ1v) is 12.1. The van der Waals surface area contributed by atoms with Gasteiger partial charge in [-0.05, 0) is 63.6 Å². The fourth-order valence-electron chi connectivity index (χ4n) is 3.84. The summed E-state index contributed by atoms with van der Waals surface area (Å²) in [5.41, 5.74) is 2.52. The number of halogens is 1. The third kappa shape index (κ3) is 6.16. The Morgan fingerprint density at radius 2 is 1.66 bits per heavy atom. The summed E-state index contributed by atoms with van der Waals surface area (Å²) in [6.45, 7) is 9.41. The number of anilines is 1. The van der Waals surface area contributed by atoms with Gasteiger partial charge in [0.2, 0.25) is 11.5 Å². The van der Waals surface area contributed by atoms with Crippen LogP contribution in [0.15, 0.2) is 51.6 Å². The number of hydrogen-bond acceptors (Lipinski definition) is 8. The molecule has 0 saturated carbocycles. The van der Waals surface area contributed by atoms with Crippen LogP contribution in [0.4, 0.5) is 11.5 Å². The van der Waals surface area contributed by atoms with E-state index in [9.17, 15) is 9.59 Å². The molecule has 0 aliphatic heterocycles. The monoisotopic (exact) mass is 542 g/mol. The van der Waals surface area contributed by atoms with Crippen LogP contribution in [-0.4, -0.2) is 56.8 Å². The third-order valence-corrected chi connectivity index (χ3v) is 6.44. The van der Waals surface area contributed by atoms with Crippen LogP contribution < -0.4 is 24.4 Å². The second kappa shape index (κ2) is 13.1. The van der Waals surface area contributed by atoms with Crippen LogP contribution >= 0.6 is 11.6 Å². The van der Waals surface area contributed by atoms with Crippen LogP contribution in [0.5, 0.6) is 17.2 Å². The Bertz CT molecular complexity index is 1290. The van der Waals surface area contributed by atoms with Crippen LogP contribution in [0.1, 0.15) is 44.2 Å². The lowest BCUT2D eigenvalue weighted by Gasteiger charge is -2.20. The van der Waals surface area contributed by atoms with Crippen molar-refractivity contribution in [3.05, 3.63) is 57.9 Å². The molecule has 0 bridgehead atoms. The minimum atomic E-state index is -0.552. The van der Waals surface area contributed by atoms with Crippen molar-refractivity contribution in [2.24, 2.45) is 4.99 Å². The van der Waals surface area contributed by atoms with Gasteiger partial charge in [0.25, 0.3) is 5.91 Å². The van der Waals surface area contributed by atoms with Crippen molar-refractivity contribution < 1.29 is 23.8 Å². The molecule has 9 nitrogen and oxygen atoms in total. The molecular weight excluding hydrogens is 508 g/mol. The molecule has 2 aromatic rings. The Balaban J connectivity index is 0.00000507. The topological polar surface area (TPSA) is 102 Å². The lowest BCUT2D eigenvalue weighted by atomic mass is 10.0. The predicted octanol–water partition coefficient (Wildman–Crippen LogP) is 5.38. The van der Waals surface area contributed by atoms with Gasteiger partial charge in [0.15, 0.2) is 11.5 Å². The van der Waals surface area contributed by atoms with Crippen LogP contribution in [-0.2, 0) is 4.79 Å². The molecule has 0 spiro atoms. The first-order chi connectivity index (χ1) is 17.7. The number of aromatic nitrogens is 1. The van der Waals surface area contributed by atoms with Gasteiger partial charge in [-0.3, -0.25) is 9.59 Å². The molecule has 0 atom stereocenters. The standard InChI is InChI=1S/C27H31ClN4O5.CH4/c1-8-32(9-2)23-11-10-18(16(4)29-23)30-19-14-20(25(33)24(28)15(19)3)31-27(34)17-12-21(35-5)26(37-7)22(13-17)36-6;/h10-14H,8-9H2,1-7H3,(H,31,34);1H4. The van der Waals surface area contributed by atoms with Crippen LogP contribution in [0.3, 0.4) is 0 Å². The molecule has 0 radical (unpaired) electrons. The number of amides is 1. The molecule has 1 aliphatic carbocycles. The number of Topliss-reactive ketones (excluding diaryl/α,β-unsaturated/α-hetero) is 1. The molecule has 1 N–H and O–H groups in total. The first kappa shape index (κ1) is 30.4. The number of carbonyl (C=O) groups is 2. The van der Waals surface area contributed by atoms with Gasteiger partial charge in [-0.15, -0.1) is 0 Å². The SMILES string of the molecule is C.CCN(CC)c1ccc(N=C2C=C(NC(=O)c3cc(OC)c(OC)c(OC)c3)C(=O)C(Cl)=C2C)c(C)n1. The van der Waals surface area contributed by atoms with E-state index in [0.29, 0.717) is 34.2 Å². The zero-order chi connectivity index (χ0) is 27.3. The number of methoxy groups -OCH3 is 3. The van der Waals surface area contributed by atoms with Gasteiger partial charge in [-0.1, -0.05) is 19.0 Å². The van der Waals surface area contributed by atoms with E-state index in [1.807, 2.05) is 19.1 Å². The molecule has 0 saturated heterocycles. The van der Waals surface area contributed by atoms with E-state index in [4.69, 9.17) is 30.8 Å². The van der Waals surface area contributed by atoms with Gasteiger partial charge in [0.05, 0.1) is 49.2 Å². The summed E-state index contributed by atoms with van der Waals surface area (Å²) in [4.78, 5) is 37.5. The highest BCUT2D eigenvalue weighted by molar-refractivity contribution is 6.49. The van der Waals surface area contributed by atoms with Crippen molar-refractivity contribution in [3.8, 4) is 17.2 Å². The molecule has 3 rings (SSSR count). The van der Waals surface area contributed by atoms with Crippen LogP contribution in [0.25, 0.3) is 0 Å². The lowest BCUT2D eigenvalue weighted by molar-refractivity contribution is -0.112. The second-order valence-corrected chi connectivity index (χ2v) is 8.52. The lowest BCUT2D eigenvalue weighted by Crippen LogP contribution is -2.31. The number of hydrogen-bond donors (Lipinski definition) is 1. The van der Waals surface area contributed by atoms with Crippen LogP contribution in [0.2, 0.25) is 0 Å². The molecule has 10 heteroatoms. The molecule has 0 fully saturated rings. The summed E-state index contributed by atoms with van der Waals surface area (Å²) in [6.07, 6.45) is 1.51. The Morgan fingerprint density at radius 1 is 1.05 bits per heavy atom. The van der Waals surface area contributed by atoms with E-state index in [2.05, 4.69) is 29.0 Å². The zero-order valence-electron chi connectivity index (χ0n) is 22.1. The van der Waals surface area contributed by atoms with Crippen molar-refractivity contribution in [3.63, 3.8) is 0 Å². The number of aliphatic imine (C=N–C) groups is 1. The Morgan fingerprint density at radius 3 is 2.16 bits per heavy atom. The number of nitrogens with zero attached hydrogens (tertiary/aromatic N) is 3. The van der Waals surface area contributed by atoms with E-state index >= 15 is 0 Å². The zero-order valence-corrected chi connectivity index (χ0v) is 22.8. The predicted molar refractivity (Wildman–Crippen MR) is 152 cm³/mol. The maximum absolute atomic E-state index is 13.1. The summed E-state index contributed by atoms with van der Waals surface area (Å²) < 4.78 is 15.9. The molecule has 1 aliphatic rings. The molecule has 1 aromatic carbocycles. The fraction of sp³-hybridized carbons (Fsp3) is 0.357. The van der Waals surface area contributed by atoms with E-state index in [1.165, 1.54) is 39.5 Å². The molecule has 38 heavy (non-hydrogen) atoms. The summed E-state index contributed by atoms with van der Waals surface area (Å²) >= 11 is 6.36. The van der Waals surface area contributed by atoms with Gasteiger partial charge >= 0.3 is 0 Å². The van der Waals surface area contributed by atoms with E-state index in [1.54, 1.807) is 6.92 Å². The number of rotatable bonds is 9. The molecular formula is C28H35ClN4O5. The number of ether oxygens (including phenoxy) is 3. The maximum Gasteiger partial charge on any atom is 0.256 e. The number of pyridine rings is 1. The van der Waals surface area contributed by atoms with E-state index in [-0.39, 0.29) is 23.7 Å². The highest BCUT2D eigenvalue weighted by atomic mass is 35.5. The highest BCUT2D eigenvalue weighted by Gasteiger charge is 2.26. The molecule has 204 valence electrons. The second-order valence-electron chi connectivity index (χ2n) is 8.14. The van der Waals surface area contributed by atoms with Crippen molar-refractivity contribution in [2.75, 3.05) is 39.3 Å². The first-order valence-electron chi connectivity index (χ1n) is 11.7. The maximum atomic E-state index is 13.1. The number of benzene rings is 1. The average molecular weight is 543 g/mol. The molecule has 0 unspecified atom stereocenters. The number of ketones is 1. The Labute approximate surface area is 229 Å². The number of nitrogens with one attached hydrogen (secondary N) is 1. The smallest absolute Gasteiger partial charge is 0.256 e. The number of allylic oxidation sites excluding steroid dienone is 3. The van der Waals surface area contributed by atoms with Gasteiger partial charge in [-0.25, -0.2) is 9.98 Å². The quantitative estimate of drug-likeness (QED) is 0.424. The fourth-order valence-corrected chi connectivity index (χ4v) is 4.04. The normalized spacial score (nSPS) is 14.1. The number of carbonyl (C=O) groups excluding carboxylic acids is 2. The van der Waals surface area contributed by atoms with Gasteiger partial charge in [-0.2, -0.15) is 0 Å². The van der Waals surface area contributed by atoms with Crippen molar-refractivity contribution in [2.45, 2.75) is 35.1 Å². The van der Waals surface area contributed by atoms with Gasteiger partial charge < -0.3 is 24.4 Å². The average Bonchev–Trinajstić information content (AvgIpc) is 2.90. The minimum Gasteiger partial charge on any atom is -0.493 e. The largest absolute Gasteiger partial charge is 0.493 e. The summed E-state index contributed by atoms with van der Waals surface area (Å²) in [5, 5.41) is 2.62. The van der Waals surface area contributed by atoms with Crippen LogP contribution in [0, 0.1) is 6.92 Å². The minimum absolute atomic E-state index is 0.